The van der Waals surface area contributed by atoms with Crippen molar-refractivity contribution in [2.24, 2.45) is 7.05 Å². The van der Waals surface area contributed by atoms with Crippen LogP contribution in [0.5, 0.6) is 0 Å². The van der Waals surface area contributed by atoms with E-state index in [4.69, 9.17) is 5.11 Å². The summed E-state index contributed by atoms with van der Waals surface area (Å²) in [5.41, 5.74) is 0.746. The Kier molecular flexibility index (Phi) is 3.20. The number of carboxylic acid groups (broad SMARTS) is 1. The van der Waals surface area contributed by atoms with Crippen LogP contribution in [0.15, 0.2) is 16.9 Å². The lowest BCUT2D eigenvalue weighted by atomic mass is 10.6. The second-order valence-electron chi connectivity index (χ2n) is 2.96. The maximum absolute atomic E-state index is 10.6. The van der Waals surface area contributed by atoms with Gasteiger partial charge in [-0.1, -0.05) is 11.8 Å². The van der Waals surface area contributed by atoms with E-state index in [2.05, 4.69) is 15.2 Å². The molecule has 0 saturated heterocycles. The summed E-state index contributed by atoms with van der Waals surface area (Å²) in [5.74, 6) is -0.393. The van der Waals surface area contributed by atoms with E-state index in [1.807, 2.05) is 7.05 Å². The van der Waals surface area contributed by atoms with Crippen molar-refractivity contribution in [3.63, 3.8) is 0 Å². The van der Waals surface area contributed by atoms with E-state index < -0.39 is 5.97 Å². The highest BCUT2D eigenvalue weighted by atomic mass is 32.2. The van der Waals surface area contributed by atoms with Gasteiger partial charge in [-0.05, 0) is 0 Å². The number of aromatic nitrogens is 4. The molecule has 0 bridgehead atoms. The fourth-order valence-electron chi connectivity index (χ4n) is 1.01. The van der Waals surface area contributed by atoms with E-state index in [0.717, 1.165) is 22.2 Å². The van der Waals surface area contributed by atoms with Crippen LogP contribution in [-0.2, 0) is 12.8 Å². The number of aromatic carboxylic acids is 1. The minimum Gasteiger partial charge on any atom is -0.476 e. The van der Waals surface area contributed by atoms with Crippen LogP contribution in [0.1, 0.15) is 15.5 Å². The second kappa shape index (κ2) is 4.62. The standard InChI is InChI=1S/C8H8N4O2S2/c1-12-4-9-11-8(12)16-3-5-2-15-6(10-5)7(13)14/h2,4H,3H2,1H3,(H,13,14). The average molecular weight is 256 g/mol. The number of hydrogen-bond acceptors (Lipinski definition) is 6. The summed E-state index contributed by atoms with van der Waals surface area (Å²) in [6.45, 7) is 0. The Morgan fingerprint density at radius 3 is 3.06 bits per heavy atom. The van der Waals surface area contributed by atoms with Crippen molar-refractivity contribution >= 4 is 29.1 Å². The first-order chi connectivity index (χ1) is 7.66. The minimum absolute atomic E-state index is 0.119. The molecule has 1 N–H and O–H groups in total. The number of nitrogens with zero attached hydrogens (tertiary/aromatic N) is 4. The van der Waals surface area contributed by atoms with E-state index in [1.54, 1.807) is 16.3 Å². The van der Waals surface area contributed by atoms with Crippen molar-refractivity contribution in [2.75, 3.05) is 0 Å². The number of carbonyl (C=O) groups is 1. The molecule has 0 unspecified atom stereocenters. The van der Waals surface area contributed by atoms with Gasteiger partial charge in [0, 0.05) is 18.2 Å². The van der Waals surface area contributed by atoms with E-state index in [0.29, 0.717) is 5.75 Å². The summed E-state index contributed by atoms with van der Waals surface area (Å²) in [4.78, 5) is 14.6. The average Bonchev–Trinajstić information content (AvgIpc) is 2.83. The monoisotopic (exact) mass is 256 g/mol. The van der Waals surface area contributed by atoms with Crippen LogP contribution < -0.4 is 0 Å². The predicted molar refractivity (Wildman–Crippen MR) is 59.6 cm³/mol. The molecule has 0 aliphatic carbocycles. The topological polar surface area (TPSA) is 80.9 Å². The molecule has 2 rings (SSSR count). The van der Waals surface area contributed by atoms with E-state index in [9.17, 15) is 4.79 Å². The Hall–Kier alpha value is -1.41. The smallest absolute Gasteiger partial charge is 0.365 e. The van der Waals surface area contributed by atoms with Crippen molar-refractivity contribution in [3.8, 4) is 0 Å². The Morgan fingerprint density at radius 2 is 2.50 bits per heavy atom. The molecule has 84 valence electrons. The molecule has 0 fully saturated rings. The van der Waals surface area contributed by atoms with Crippen LogP contribution >= 0.6 is 23.1 Å². The molecule has 0 saturated carbocycles. The van der Waals surface area contributed by atoms with Crippen molar-refractivity contribution < 1.29 is 9.90 Å². The summed E-state index contributed by atoms with van der Waals surface area (Å²) in [5, 5.41) is 19.0. The van der Waals surface area contributed by atoms with E-state index >= 15 is 0 Å². The molecule has 0 aliphatic rings. The first kappa shape index (κ1) is 11.1. The van der Waals surface area contributed by atoms with Crippen LogP contribution in [0.2, 0.25) is 0 Å². The van der Waals surface area contributed by atoms with Crippen LogP contribution in [0.25, 0.3) is 0 Å². The largest absolute Gasteiger partial charge is 0.476 e. The van der Waals surface area contributed by atoms with Crippen molar-refractivity contribution in [2.45, 2.75) is 10.9 Å². The van der Waals surface area contributed by atoms with Crippen LogP contribution in [-0.4, -0.2) is 30.8 Å². The molecule has 0 spiro atoms. The number of thiazole rings is 1. The maximum Gasteiger partial charge on any atom is 0.365 e. The molecule has 2 heterocycles. The van der Waals surface area contributed by atoms with Gasteiger partial charge in [0.05, 0.1) is 5.69 Å². The van der Waals surface area contributed by atoms with Crippen molar-refractivity contribution in [3.05, 3.63) is 22.4 Å². The molecular weight excluding hydrogens is 248 g/mol. The highest BCUT2D eigenvalue weighted by Gasteiger charge is 2.10. The Labute approximate surface area is 99.3 Å². The van der Waals surface area contributed by atoms with Crippen molar-refractivity contribution in [1.82, 2.24) is 19.7 Å². The molecule has 8 heteroatoms. The number of aryl methyl sites for hydroxylation is 1. The quantitative estimate of drug-likeness (QED) is 0.829. The first-order valence-electron chi connectivity index (χ1n) is 4.31. The molecule has 0 radical (unpaired) electrons. The van der Waals surface area contributed by atoms with E-state index in [1.165, 1.54) is 11.8 Å². The zero-order chi connectivity index (χ0) is 11.5. The van der Waals surface area contributed by atoms with Gasteiger partial charge >= 0.3 is 5.97 Å². The van der Waals surface area contributed by atoms with Crippen LogP contribution in [0, 0.1) is 0 Å². The number of thioether (sulfide) groups is 1. The second-order valence-corrected chi connectivity index (χ2v) is 4.76. The van der Waals surface area contributed by atoms with Gasteiger partial charge in [-0.15, -0.1) is 21.5 Å². The molecule has 0 atom stereocenters. The lowest BCUT2D eigenvalue weighted by Crippen LogP contribution is -1.95. The summed E-state index contributed by atoms with van der Waals surface area (Å²) in [7, 11) is 1.85. The first-order valence-corrected chi connectivity index (χ1v) is 6.18. The highest BCUT2D eigenvalue weighted by molar-refractivity contribution is 7.98. The number of rotatable bonds is 4. The Morgan fingerprint density at radius 1 is 1.69 bits per heavy atom. The van der Waals surface area contributed by atoms with Gasteiger partial charge in [0.1, 0.15) is 6.33 Å². The van der Waals surface area contributed by atoms with Gasteiger partial charge in [-0.2, -0.15) is 0 Å². The maximum atomic E-state index is 10.6. The van der Waals surface area contributed by atoms with Gasteiger partial charge in [-0.3, -0.25) is 0 Å². The van der Waals surface area contributed by atoms with Gasteiger partial charge in [0.2, 0.25) is 5.01 Å². The summed E-state index contributed by atoms with van der Waals surface area (Å²) in [6, 6.07) is 0. The molecule has 0 aromatic carbocycles. The molecule has 2 aromatic heterocycles. The lowest BCUT2D eigenvalue weighted by Gasteiger charge is -1.96. The predicted octanol–water partition coefficient (Wildman–Crippen LogP) is 1.26. The number of hydrogen-bond donors (Lipinski definition) is 1. The number of carboxylic acids is 1. The fourth-order valence-corrected chi connectivity index (χ4v) is 2.55. The lowest BCUT2D eigenvalue weighted by molar-refractivity contribution is 0.0696. The fraction of sp³-hybridized carbons (Fsp3) is 0.250. The molecular formula is C8H8N4O2S2. The van der Waals surface area contributed by atoms with Gasteiger partial charge < -0.3 is 9.67 Å². The minimum atomic E-state index is -0.986. The third kappa shape index (κ3) is 2.39. The zero-order valence-electron chi connectivity index (χ0n) is 8.32. The molecule has 0 aliphatic heterocycles. The third-order valence-corrected chi connectivity index (χ3v) is 3.70. The summed E-state index contributed by atoms with van der Waals surface area (Å²) in [6.07, 6.45) is 1.62. The summed E-state index contributed by atoms with van der Waals surface area (Å²) >= 11 is 2.60. The van der Waals surface area contributed by atoms with Gasteiger partial charge in [-0.25, -0.2) is 9.78 Å². The molecule has 0 amide bonds. The normalized spacial score (nSPS) is 10.6. The van der Waals surface area contributed by atoms with Crippen LogP contribution in [0.3, 0.4) is 0 Å². The van der Waals surface area contributed by atoms with Crippen LogP contribution in [0.4, 0.5) is 0 Å². The summed E-state index contributed by atoms with van der Waals surface area (Å²) < 4.78 is 1.80. The van der Waals surface area contributed by atoms with E-state index in [-0.39, 0.29) is 5.01 Å². The van der Waals surface area contributed by atoms with Gasteiger partial charge in [0.25, 0.3) is 0 Å². The molecule has 16 heavy (non-hydrogen) atoms. The zero-order valence-corrected chi connectivity index (χ0v) is 9.96. The molecule has 2 aromatic rings. The SMILES string of the molecule is Cn1cnnc1SCc1csc(C(=O)O)n1. The van der Waals surface area contributed by atoms with Crippen molar-refractivity contribution in [1.29, 1.82) is 0 Å². The Balaban J connectivity index is 2.00. The molecule has 6 nitrogen and oxygen atoms in total. The third-order valence-electron chi connectivity index (χ3n) is 1.75. The Bertz CT molecular complexity index is 508. The van der Waals surface area contributed by atoms with Gasteiger partial charge in [0.15, 0.2) is 5.16 Å². The highest BCUT2D eigenvalue weighted by Crippen LogP contribution is 2.21.